The van der Waals surface area contributed by atoms with Gasteiger partial charge >= 0.3 is 0 Å². The first-order chi connectivity index (χ1) is 11.7. The van der Waals surface area contributed by atoms with Gasteiger partial charge in [0.25, 0.3) is 0 Å². The number of fused-ring (bicyclic) bond motifs is 1. The van der Waals surface area contributed by atoms with Gasteiger partial charge in [-0.1, -0.05) is 0 Å². The number of imidazole rings is 1. The van der Waals surface area contributed by atoms with E-state index in [4.69, 9.17) is 5.26 Å². The Hall–Kier alpha value is -3.14. The van der Waals surface area contributed by atoms with Gasteiger partial charge in [0.1, 0.15) is 17.7 Å². The van der Waals surface area contributed by atoms with Crippen molar-refractivity contribution in [2.24, 2.45) is 0 Å². The van der Waals surface area contributed by atoms with Crippen molar-refractivity contribution in [1.82, 2.24) is 19.6 Å². The molecular weight excluding hydrogens is 302 g/mol. The van der Waals surface area contributed by atoms with Gasteiger partial charge in [-0.3, -0.25) is 0 Å². The zero-order chi connectivity index (χ0) is 16.5. The lowest BCUT2D eigenvalue weighted by molar-refractivity contribution is 0.788. The molecule has 0 aliphatic carbocycles. The SMILES string of the molecule is Cc1cn2nc(NC3CCN(c4ccc(C#N)cn4)C3)ccc2n1. The van der Waals surface area contributed by atoms with E-state index in [1.165, 1.54) is 0 Å². The molecule has 1 aliphatic rings. The molecule has 4 heterocycles. The number of hydrogen-bond donors (Lipinski definition) is 1. The number of aryl methyl sites for hydroxylation is 1. The van der Waals surface area contributed by atoms with Crippen LogP contribution in [0.4, 0.5) is 11.6 Å². The fourth-order valence-electron chi connectivity index (χ4n) is 3.01. The van der Waals surface area contributed by atoms with E-state index < -0.39 is 0 Å². The maximum Gasteiger partial charge on any atom is 0.153 e. The van der Waals surface area contributed by atoms with Crippen LogP contribution in [0, 0.1) is 18.3 Å². The summed E-state index contributed by atoms with van der Waals surface area (Å²) in [5.41, 5.74) is 2.40. The first-order valence-corrected chi connectivity index (χ1v) is 7.92. The molecule has 0 bridgehead atoms. The third kappa shape index (κ3) is 2.74. The average molecular weight is 319 g/mol. The number of nitrogens with one attached hydrogen (secondary N) is 1. The van der Waals surface area contributed by atoms with Crippen molar-refractivity contribution in [3.05, 3.63) is 47.9 Å². The molecule has 1 fully saturated rings. The molecule has 1 aliphatic heterocycles. The van der Waals surface area contributed by atoms with Crippen LogP contribution < -0.4 is 10.2 Å². The second kappa shape index (κ2) is 5.81. The lowest BCUT2D eigenvalue weighted by Crippen LogP contribution is -2.27. The predicted octanol–water partition coefficient (Wildman–Crippen LogP) is 2.00. The number of pyridine rings is 1. The molecule has 4 rings (SSSR count). The summed E-state index contributed by atoms with van der Waals surface area (Å²) in [5.74, 6) is 1.76. The number of aromatic nitrogens is 4. The minimum Gasteiger partial charge on any atom is -0.364 e. The highest BCUT2D eigenvalue weighted by Gasteiger charge is 2.23. The molecule has 0 amide bonds. The van der Waals surface area contributed by atoms with Crippen LogP contribution in [-0.2, 0) is 0 Å². The van der Waals surface area contributed by atoms with Crippen LogP contribution in [0.25, 0.3) is 5.65 Å². The van der Waals surface area contributed by atoms with Crippen molar-refractivity contribution in [2.75, 3.05) is 23.3 Å². The fourth-order valence-corrected chi connectivity index (χ4v) is 3.01. The Bertz CT molecular complexity index is 907. The van der Waals surface area contributed by atoms with Gasteiger partial charge in [0.15, 0.2) is 5.65 Å². The number of nitrogens with zero attached hydrogens (tertiary/aromatic N) is 6. The van der Waals surface area contributed by atoms with Crippen LogP contribution in [0.2, 0.25) is 0 Å². The lowest BCUT2D eigenvalue weighted by Gasteiger charge is -2.18. The smallest absolute Gasteiger partial charge is 0.153 e. The Morgan fingerprint density at radius 3 is 3.00 bits per heavy atom. The van der Waals surface area contributed by atoms with Crippen molar-refractivity contribution in [2.45, 2.75) is 19.4 Å². The molecule has 7 nitrogen and oxygen atoms in total. The van der Waals surface area contributed by atoms with Crippen LogP contribution in [-0.4, -0.2) is 38.7 Å². The zero-order valence-corrected chi connectivity index (χ0v) is 13.3. The number of rotatable bonds is 3. The molecule has 120 valence electrons. The molecular formula is C17H17N7. The van der Waals surface area contributed by atoms with Crippen LogP contribution >= 0.6 is 0 Å². The Balaban J connectivity index is 1.44. The maximum atomic E-state index is 8.85. The van der Waals surface area contributed by atoms with Gasteiger partial charge in [0.05, 0.1) is 17.5 Å². The summed E-state index contributed by atoms with van der Waals surface area (Å²) >= 11 is 0. The van der Waals surface area contributed by atoms with Gasteiger partial charge in [-0.15, -0.1) is 5.10 Å². The predicted molar refractivity (Wildman–Crippen MR) is 90.9 cm³/mol. The molecule has 0 spiro atoms. The minimum atomic E-state index is 0.317. The van der Waals surface area contributed by atoms with E-state index in [0.29, 0.717) is 11.6 Å². The van der Waals surface area contributed by atoms with Crippen molar-refractivity contribution >= 4 is 17.3 Å². The van der Waals surface area contributed by atoms with Gasteiger partial charge in [-0.05, 0) is 37.6 Å². The Kier molecular flexibility index (Phi) is 3.50. The van der Waals surface area contributed by atoms with E-state index in [1.54, 1.807) is 16.8 Å². The molecule has 0 radical (unpaired) electrons. The topological polar surface area (TPSA) is 82.1 Å². The van der Waals surface area contributed by atoms with Crippen LogP contribution in [0.5, 0.6) is 0 Å². The van der Waals surface area contributed by atoms with E-state index in [-0.39, 0.29) is 0 Å². The number of hydrogen-bond acceptors (Lipinski definition) is 6. The summed E-state index contributed by atoms with van der Waals surface area (Å²) in [7, 11) is 0. The maximum absolute atomic E-state index is 8.85. The lowest BCUT2D eigenvalue weighted by atomic mass is 10.2. The molecule has 1 atom stereocenters. The molecule has 1 unspecified atom stereocenters. The van der Waals surface area contributed by atoms with Gasteiger partial charge < -0.3 is 10.2 Å². The van der Waals surface area contributed by atoms with Gasteiger partial charge in [-0.25, -0.2) is 14.5 Å². The van der Waals surface area contributed by atoms with Gasteiger partial charge in [0.2, 0.25) is 0 Å². The normalized spacial score (nSPS) is 17.2. The summed E-state index contributed by atoms with van der Waals surface area (Å²) in [4.78, 5) is 11.0. The molecule has 0 aromatic carbocycles. The average Bonchev–Trinajstić information content (AvgIpc) is 3.20. The summed E-state index contributed by atoms with van der Waals surface area (Å²) in [6, 6.07) is 10.1. The first-order valence-electron chi connectivity index (χ1n) is 7.92. The van der Waals surface area contributed by atoms with E-state index in [0.717, 1.165) is 42.5 Å². The van der Waals surface area contributed by atoms with Crippen molar-refractivity contribution in [3.63, 3.8) is 0 Å². The quantitative estimate of drug-likeness (QED) is 0.795. The molecule has 1 saturated heterocycles. The van der Waals surface area contributed by atoms with Crippen LogP contribution in [0.3, 0.4) is 0 Å². The highest BCUT2D eigenvalue weighted by Crippen LogP contribution is 2.20. The summed E-state index contributed by atoms with van der Waals surface area (Å²) in [5, 5.41) is 16.9. The highest BCUT2D eigenvalue weighted by molar-refractivity contribution is 5.47. The van der Waals surface area contributed by atoms with Crippen molar-refractivity contribution in [3.8, 4) is 6.07 Å². The van der Waals surface area contributed by atoms with E-state index in [2.05, 4.69) is 31.4 Å². The van der Waals surface area contributed by atoms with E-state index >= 15 is 0 Å². The first kappa shape index (κ1) is 14.5. The zero-order valence-electron chi connectivity index (χ0n) is 13.3. The molecule has 3 aromatic rings. The second-order valence-electron chi connectivity index (χ2n) is 6.00. The fraction of sp³-hybridized carbons (Fsp3) is 0.294. The summed E-state index contributed by atoms with van der Waals surface area (Å²) in [6.45, 7) is 3.76. The molecule has 0 saturated carbocycles. The molecule has 3 aromatic heterocycles. The van der Waals surface area contributed by atoms with E-state index in [9.17, 15) is 0 Å². The van der Waals surface area contributed by atoms with Crippen molar-refractivity contribution in [1.29, 1.82) is 5.26 Å². The molecule has 24 heavy (non-hydrogen) atoms. The van der Waals surface area contributed by atoms with Crippen LogP contribution in [0.15, 0.2) is 36.7 Å². The highest BCUT2D eigenvalue weighted by atomic mass is 15.3. The Morgan fingerprint density at radius 1 is 1.29 bits per heavy atom. The summed E-state index contributed by atoms with van der Waals surface area (Å²) < 4.78 is 1.80. The Labute approximate surface area is 139 Å². The van der Waals surface area contributed by atoms with Crippen molar-refractivity contribution < 1.29 is 0 Å². The van der Waals surface area contributed by atoms with Gasteiger partial charge in [-0.2, -0.15) is 5.26 Å². The minimum absolute atomic E-state index is 0.317. The molecule has 7 heteroatoms. The number of anilines is 2. The standard InChI is InChI=1S/C17H17N7/c1-12-10-24-17(20-12)5-3-15(22-24)21-14-6-7-23(11-14)16-4-2-13(8-18)9-19-16/h2-5,9-10,14H,6-7,11H2,1H3,(H,21,22). The number of nitriles is 1. The third-order valence-corrected chi connectivity index (χ3v) is 4.18. The molecule has 1 N–H and O–H groups in total. The Morgan fingerprint density at radius 2 is 2.21 bits per heavy atom. The second-order valence-corrected chi connectivity index (χ2v) is 6.00. The van der Waals surface area contributed by atoms with E-state index in [1.807, 2.05) is 31.3 Å². The third-order valence-electron chi connectivity index (χ3n) is 4.18. The van der Waals surface area contributed by atoms with Gasteiger partial charge in [0, 0.05) is 25.3 Å². The summed E-state index contributed by atoms with van der Waals surface area (Å²) in [6.07, 6.45) is 4.55. The monoisotopic (exact) mass is 319 g/mol. The van der Waals surface area contributed by atoms with Crippen LogP contribution in [0.1, 0.15) is 17.7 Å². The largest absolute Gasteiger partial charge is 0.364 e.